The molecule has 0 aliphatic carbocycles. The molecule has 2 N–H and O–H groups in total. The molecule has 142 valence electrons. The van der Waals surface area contributed by atoms with Gasteiger partial charge in [-0.3, -0.25) is 9.69 Å². The molecule has 3 aromatic rings. The number of thiophene rings is 1. The summed E-state index contributed by atoms with van der Waals surface area (Å²) >= 11 is 1.82. The number of likely N-dealkylation sites (tertiary alicyclic amines) is 1. The van der Waals surface area contributed by atoms with Crippen LogP contribution in [0.25, 0.3) is 10.9 Å². The maximum absolute atomic E-state index is 12.6. The largest absolute Gasteiger partial charge is 0.351 e. The summed E-state index contributed by atoms with van der Waals surface area (Å²) in [6.45, 7) is 8.16. The van der Waals surface area contributed by atoms with Crippen molar-refractivity contribution in [3.8, 4) is 0 Å². The monoisotopic (exact) mass is 381 g/mol. The van der Waals surface area contributed by atoms with Crippen molar-refractivity contribution in [2.45, 2.75) is 33.2 Å². The highest BCUT2D eigenvalue weighted by Crippen LogP contribution is 2.22. The number of aryl methyl sites for hydroxylation is 2. The van der Waals surface area contributed by atoms with Gasteiger partial charge in [-0.1, -0.05) is 12.1 Å². The Hall–Kier alpha value is -2.11. The second kappa shape index (κ2) is 7.87. The van der Waals surface area contributed by atoms with Crippen LogP contribution in [-0.4, -0.2) is 35.4 Å². The van der Waals surface area contributed by atoms with Crippen LogP contribution in [0.1, 0.15) is 39.3 Å². The molecule has 1 fully saturated rings. The Morgan fingerprint density at radius 1 is 1.33 bits per heavy atom. The number of carbonyl (C=O) groups is 1. The molecule has 1 atom stereocenters. The number of hydrogen-bond acceptors (Lipinski definition) is 3. The molecule has 3 heterocycles. The van der Waals surface area contributed by atoms with Crippen molar-refractivity contribution in [3.05, 3.63) is 57.4 Å². The first kappa shape index (κ1) is 18.3. The molecule has 1 amide bonds. The average Bonchev–Trinajstić information content (AvgIpc) is 3.30. The summed E-state index contributed by atoms with van der Waals surface area (Å²) in [5.74, 6) is 0.523. The van der Waals surface area contributed by atoms with E-state index in [2.05, 4.69) is 58.7 Å². The summed E-state index contributed by atoms with van der Waals surface area (Å²) in [6, 6.07) is 10.6. The van der Waals surface area contributed by atoms with Crippen molar-refractivity contribution in [1.82, 2.24) is 15.2 Å². The minimum absolute atomic E-state index is 0.00127. The number of fused-ring (bicyclic) bond motifs is 1. The third kappa shape index (κ3) is 4.25. The highest BCUT2D eigenvalue weighted by Gasteiger charge is 2.21. The molecule has 4 rings (SSSR count). The first-order valence-corrected chi connectivity index (χ1v) is 10.6. The third-order valence-electron chi connectivity index (χ3n) is 5.45. The lowest BCUT2D eigenvalue weighted by Crippen LogP contribution is -2.40. The second-order valence-electron chi connectivity index (χ2n) is 7.76. The predicted molar refractivity (Wildman–Crippen MR) is 112 cm³/mol. The van der Waals surface area contributed by atoms with E-state index in [1.165, 1.54) is 28.8 Å². The maximum Gasteiger partial charge on any atom is 0.267 e. The summed E-state index contributed by atoms with van der Waals surface area (Å²) < 4.78 is 0. The number of aromatic amines is 1. The Morgan fingerprint density at radius 3 is 3.04 bits per heavy atom. The van der Waals surface area contributed by atoms with Crippen LogP contribution in [0.4, 0.5) is 0 Å². The van der Waals surface area contributed by atoms with Gasteiger partial charge in [-0.15, -0.1) is 11.3 Å². The molecule has 0 radical (unpaired) electrons. The number of rotatable bonds is 5. The molecule has 1 aliphatic heterocycles. The highest BCUT2D eigenvalue weighted by atomic mass is 32.1. The topological polar surface area (TPSA) is 48.1 Å². The molecule has 1 unspecified atom stereocenters. The molecule has 0 bridgehead atoms. The zero-order valence-electron chi connectivity index (χ0n) is 16.0. The molecule has 2 aromatic heterocycles. The van der Waals surface area contributed by atoms with Crippen LogP contribution in [0.2, 0.25) is 0 Å². The number of nitrogens with zero attached hydrogens (tertiary/aromatic N) is 1. The van der Waals surface area contributed by atoms with Gasteiger partial charge < -0.3 is 10.3 Å². The van der Waals surface area contributed by atoms with Crippen molar-refractivity contribution < 1.29 is 4.79 Å². The van der Waals surface area contributed by atoms with Crippen LogP contribution in [0.3, 0.4) is 0 Å². The Balaban J connectivity index is 1.35. The Bertz CT molecular complexity index is 929. The fourth-order valence-electron chi connectivity index (χ4n) is 4.14. The molecule has 4 nitrogen and oxygen atoms in total. The highest BCUT2D eigenvalue weighted by molar-refractivity contribution is 7.09. The molecule has 5 heteroatoms. The first-order chi connectivity index (χ1) is 13.1. The Morgan fingerprint density at radius 2 is 2.22 bits per heavy atom. The zero-order chi connectivity index (χ0) is 18.8. The van der Waals surface area contributed by atoms with Crippen molar-refractivity contribution >= 4 is 28.1 Å². The zero-order valence-corrected chi connectivity index (χ0v) is 16.9. The SMILES string of the molecule is Cc1cc(C)c2cc(C(=O)NCC3CCCN(Cc4cccs4)C3)[nH]c2c1. The van der Waals surface area contributed by atoms with Crippen molar-refractivity contribution in [2.75, 3.05) is 19.6 Å². The fourth-order valence-corrected chi connectivity index (χ4v) is 4.88. The lowest BCUT2D eigenvalue weighted by Gasteiger charge is -2.32. The van der Waals surface area contributed by atoms with E-state index in [0.29, 0.717) is 11.6 Å². The molecule has 1 saturated heterocycles. The average molecular weight is 382 g/mol. The molecule has 0 spiro atoms. The summed E-state index contributed by atoms with van der Waals surface area (Å²) in [5.41, 5.74) is 4.11. The lowest BCUT2D eigenvalue weighted by atomic mass is 9.98. The number of benzene rings is 1. The number of piperidine rings is 1. The molecule has 1 aliphatic rings. The van der Waals surface area contributed by atoms with Gasteiger partial charge in [0.25, 0.3) is 5.91 Å². The van der Waals surface area contributed by atoms with Gasteiger partial charge in [0.15, 0.2) is 0 Å². The van der Waals surface area contributed by atoms with E-state index in [-0.39, 0.29) is 5.91 Å². The summed E-state index contributed by atoms with van der Waals surface area (Å²) in [7, 11) is 0. The summed E-state index contributed by atoms with van der Waals surface area (Å²) in [6.07, 6.45) is 2.39. The lowest BCUT2D eigenvalue weighted by molar-refractivity contribution is 0.0927. The first-order valence-electron chi connectivity index (χ1n) is 9.71. The van der Waals surface area contributed by atoms with Gasteiger partial charge >= 0.3 is 0 Å². The van der Waals surface area contributed by atoms with Crippen molar-refractivity contribution in [3.63, 3.8) is 0 Å². The van der Waals surface area contributed by atoms with Crippen LogP contribution in [0.15, 0.2) is 35.7 Å². The Labute approximate surface area is 164 Å². The van der Waals surface area contributed by atoms with E-state index in [9.17, 15) is 4.79 Å². The van der Waals surface area contributed by atoms with Gasteiger partial charge in [-0.25, -0.2) is 0 Å². The minimum atomic E-state index is -0.00127. The van der Waals surface area contributed by atoms with Crippen LogP contribution >= 0.6 is 11.3 Å². The number of aromatic nitrogens is 1. The van der Waals surface area contributed by atoms with Gasteiger partial charge in [0, 0.05) is 35.4 Å². The number of H-pyrrole nitrogens is 1. The standard InChI is InChI=1S/C22H27N3OS/c1-15-9-16(2)19-11-21(24-20(19)10-15)22(26)23-12-17-5-3-7-25(13-17)14-18-6-4-8-27-18/h4,6,8-11,17,24H,3,5,7,12-14H2,1-2H3,(H,23,26). The second-order valence-corrected chi connectivity index (χ2v) is 8.79. The van der Waals surface area contributed by atoms with E-state index < -0.39 is 0 Å². The Kier molecular flexibility index (Phi) is 5.32. The summed E-state index contributed by atoms with van der Waals surface area (Å²) in [4.78, 5) is 19.9. The fraction of sp³-hybridized carbons (Fsp3) is 0.409. The quantitative estimate of drug-likeness (QED) is 0.684. The van der Waals surface area contributed by atoms with Gasteiger partial charge in [-0.2, -0.15) is 0 Å². The van der Waals surface area contributed by atoms with Gasteiger partial charge in [0.2, 0.25) is 0 Å². The van der Waals surface area contributed by atoms with Gasteiger partial charge in [0.1, 0.15) is 5.69 Å². The third-order valence-corrected chi connectivity index (χ3v) is 6.31. The van der Waals surface area contributed by atoms with E-state index in [4.69, 9.17) is 0 Å². The smallest absolute Gasteiger partial charge is 0.267 e. The summed E-state index contributed by atoms with van der Waals surface area (Å²) in [5, 5.41) is 6.42. The molecule has 27 heavy (non-hydrogen) atoms. The van der Waals surface area contributed by atoms with Crippen molar-refractivity contribution in [1.29, 1.82) is 0 Å². The van der Waals surface area contributed by atoms with E-state index in [1.54, 1.807) is 0 Å². The minimum Gasteiger partial charge on any atom is -0.351 e. The number of carbonyl (C=O) groups excluding carboxylic acids is 1. The van der Waals surface area contributed by atoms with E-state index in [1.807, 2.05) is 17.4 Å². The normalized spacial score (nSPS) is 18.1. The number of amides is 1. The van der Waals surface area contributed by atoms with Crippen LogP contribution in [0, 0.1) is 19.8 Å². The molecule has 0 saturated carbocycles. The molecular formula is C22H27N3OS. The van der Waals surface area contributed by atoms with E-state index in [0.717, 1.165) is 37.1 Å². The van der Waals surface area contributed by atoms with Crippen LogP contribution in [0.5, 0.6) is 0 Å². The molecule has 1 aromatic carbocycles. The van der Waals surface area contributed by atoms with Crippen molar-refractivity contribution in [2.24, 2.45) is 5.92 Å². The van der Waals surface area contributed by atoms with Crippen LogP contribution in [-0.2, 0) is 6.54 Å². The van der Waals surface area contributed by atoms with Gasteiger partial charge in [-0.05, 0) is 73.9 Å². The number of nitrogens with one attached hydrogen (secondary N) is 2. The van der Waals surface area contributed by atoms with Crippen LogP contribution < -0.4 is 5.32 Å². The van der Waals surface area contributed by atoms with Gasteiger partial charge in [0.05, 0.1) is 0 Å². The maximum atomic E-state index is 12.6. The molecular weight excluding hydrogens is 354 g/mol. The number of hydrogen-bond donors (Lipinski definition) is 2. The van der Waals surface area contributed by atoms with E-state index >= 15 is 0 Å². The predicted octanol–water partition coefficient (Wildman–Crippen LogP) is 4.49.